The van der Waals surface area contributed by atoms with E-state index in [0.717, 1.165) is 19.6 Å². The highest BCUT2D eigenvalue weighted by Crippen LogP contribution is 2.07. The van der Waals surface area contributed by atoms with E-state index in [1.54, 1.807) is 24.3 Å². The Morgan fingerprint density at radius 3 is 2.38 bits per heavy atom. The second-order valence-corrected chi connectivity index (χ2v) is 4.75. The summed E-state index contributed by atoms with van der Waals surface area (Å²) in [5, 5.41) is 0. The molecule has 1 aromatic carbocycles. The van der Waals surface area contributed by atoms with Crippen LogP contribution in [0.3, 0.4) is 0 Å². The van der Waals surface area contributed by atoms with Gasteiger partial charge in [0.2, 0.25) is 0 Å². The number of nitrogens with zero attached hydrogens (tertiary/aromatic N) is 1. The predicted octanol–water partition coefficient (Wildman–Crippen LogP) is 2.17. The van der Waals surface area contributed by atoms with E-state index < -0.39 is 0 Å². The van der Waals surface area contributed by atoms with Crippen molar-refractivity contribution in [2.45, 2.75) is 20.3 Å². The standard InChI is InChI=1S/C16H26N2O3/c1-3-18(4-2)10-13-20-11-5-12-21-16(19)14-6-8-15(17)9-7-14/h6-9H,3-5,10-13,17H2,1-2H3. The number of esters is 1. The monoisotopic (exact) mass is 294 g/mol. The van der Waals surface area contributed by atoms with Gasteiger partial charge < -0.3 is 20.1 Å². The molecule has 0 amide bonds. The molecule has 0 unspecified atom stereocenters. The van der Waals surface area contributed by atoms with Crippen LogP contribution < -0.4 is 5.73 Å². The molecule has 0 aromatic heterocycles. The highest BCUT2D eigenvalue weighted by molar-refractivity contribution is 5.89. The molecule has 0 radical (unpaired) electrons. The molecular formula is C16H26N2O3. The molecule has 0 aliphatic carbocycles. The molecule has 0 aliphatic rings. The van der Waals surface area contributed by atoms with Gasteiger partial charge in [0.15, 0.2) is 0 Å². The molecule has 2 N–H and O–H groups in total. The van der Waals surface area contributed by atoms with Crippen LogP contribution in [0.1, 0.15) is 30.6 Å². The first-order valence-electron chi connectivity index (χ1n) is 7.50. The Kier molecular flexibility index (Phi) is 8.47. The van der Waals surface area contributed by atoms with Crippen molar-refractivity contribution in [3.8, 4) is 0 Å². The van der Waals surface area contributed by atoms with Crippen molar-refractivity contribution >= 4 is 11.7 Å². The number of hydrogen-bond acceptors (Lipinski definition) is 5. The molecular weight excluding hydrogens is 268 g/mol. The molecule has 1 rings (SSSR count). The smallest absolute Gasteiger partial charge is 0.338 e. The van der Waals surface area contributed by atoms with Gasteiger partial charge in [-0.25, -0.2) is 4.79 Å². The largest absolute Gasteiger partial charge is 0.462 e. The summed E-state index contributed by atoms with van der Waals surface area (Å²) >= 11 is 0. The fourth-order valence-corrected chi connectivity index (χ4v) is 1.86. The molecule has 0 atom stereocenters. The van der Waals surface area contributed by atoms with Crippen LogP contribution in [0, 0.1) is 0 Å². The first-order valence-corrected chi connectivity index (χ1v) is 7.50. The average molecular weight is 294 g/mol. The summed E-state index contributed by atoms with van der Waals surface area (Å²) in [5.41, 5.74) is 6.72. The summed E-state index contributed by atoms with van der Waals surface area (Å²) in [6, 6.07) is 6.70. The highest BCUT2D eigenvalue weighted by atomic mass is 16.5. The van der Waals surface area contributed by atoms with E-state index in [-0.39, 0.29) is 5.97 Å². The van der Waals surface area contributed by atoms with Gasteiger partial charge in [-0.3, -0.25) is 0 Å². The lowest BCUT2D eigenvalue weighted by molar-refractivity contribution is 0.0432. The zero-order valence-corrected chi connectivity index (χ0v) is 13.0. The Morgan fingerprint density at radius 1 is 1.10 bits per heavy atom. The van der Waals surface area contributed by atoms with Crippen LogP contribution in [0.25, 0.3) is 0 Å². The molecule has 0 spiro atoms. The molecule has 0 bridgehead atoms. The molecule has 0 saturated carbocycles. The molecule has 0 saturated heterocycles. The third-order valence-corrected chi connectivity index (χ3v) is 3.26. The summed E-state index contributed by atoms with van der Waals surface area (Å²) in [4.78, 5) is 14.0. The summed E-state index contributed by atoms with van der Waals surface area (Å²) in [7, 11) is 0. The Balaban J connectivity index is 2.06. The second-order valence-electron chi connectivity index (χ2n) is 4.75. The minimum absolute atomic E-state index is 0.321. The Hall–Kier alpha value is -1.59. The lowest BCUT2D eigenvalue weighted by Gasteiger charge is -2.17. The van der Waals surface area contributed by atoms with Crippen LogP contribution in [0.4, 0.5) is 5.69 Å². The Bertz CT molecular complexity index is 402. The number of carbonyl (C=O) groups is 1. The van der Waals surface area contributed by atoms with Crippen molar-refractivity contribution in [3.63, 3.8) is 0 Å². The summed E-state index contributed by atoms with van der Waals surface area (Å²) in [6.45, 7) is 9.00. The number of anilines is 1. The zero-order chi connectivity index (χ0) is 15.5. The quantitative estimate of drug-likeness (QED) is 0.407. The third-order valence-electron chi connectivity index (χ3n) is 3.26. The van der Waals surface area contributed by atoms with Gasteiger partial charge in [0, 0.05) is 25.3 Å². The van der Waals surface area contributed by atoms with Crippen molar-refractivity contribution < 1.29 is 14.3 Å². The first kappa shape index (κ1) is 17.5. The number of hydrogen-bond donors (Lipinski definition) is 1. The minimum Gasteiger partial charge on any atom is -0.462 e. The lowest BCUT2D eigenvalue weighted by atomic mass is 10.2. The van der Waals surface area contributed by atoms with E-state index >= 15 is 0 Å². The fourth-order valence-electron chi connectivity index (χ4n) is 1.86. The molecule has 1 aromatic rings. The first-order chi connectivity index (χ1) is 10.2. The van der Waals surface area contributed by atoms with E-state index in [1.165, 1.54) is 0 Å². The number of nitrogen functional groups attached to an aromatic ring is 1. The maximum absolute atomic E-state index is 11.7. The van der Waals surface area contributed by atoms with Gasteiger partial charge in [-0.1, -0.05) is 13.8 Å². The molecule has 5 nitrogen and oxygen atoms in total. The van der Waals surface area contributed by atoms with Gasteiger partial charge in [-0.15, -0.1) is 0 Å². The SMILES string of the molecule is CCN(CC)CCOCCCOC(=O)c1ccc(N)cc1. The van der Waals surface area contributed by atoms with E-state index in [1.807, 2.05) is 0 Å². The number of benzene rings is 1. The summed E-state index contributed by atoms with van der Waals surface area (Å²) < 4.78 is 10.7. The van der Waals surface area contributed by atoms with E-state index in [4.69, 9.17) is 15.2 Å². The average Bonchev–Trinajstić information content (AvgIpc) is 2.50. The fraction of sp³-hybridized carbons (Fsp3) is 0.562. The molecule has 0 aliphatic heterocycles. The highest BCUT2D eigenvalue weighted by Gasteiger charge is 2.06. The second kappa shape index (κ2) is 10.2. The van der Waals surface area contributed by atoms with E-state index in [9.17, 15) is 4.79 Å². The number of carbonyl (C=O) groups excluding carboxylic acids is 1. The molecule has 21 heavy (non-hydrogen) atoms. The van der Waals surface area contributed by atoms with Crippen LogP contribution >= 0.6 is 0 Å². The van der Waals surface area contributed by atoms with Crippen LogP contribution in [0.5, 0.6) is 0 Å². The van der Waals surface area contributed by atoms with E-state index in [2.05, 4.69) is 18.7 Å². The van der Waals surface area contributed by atoms with Crippen molar-refractivity contribution in [2.75, 3.05) is 45.2 Å². The topological polar surface area (TPSA) is 64.8 Å². The number of likely N-dealkylation sites (N-methyl/N-ethyl adjacent to an activating group) is 1. The van der Waals surface area contributed by atoms with Gasteiger partial charge in [0.25, 0.3) is 0 Å². The van der Waals surface area contributed by atoms with Crippen molar-refractivity contribution in [1.29, 1.82) is 0 Å². The van der Waals surface area contributed by atoms with Crippen molar-refractivity contribution in [1.82, 2.24) is 4.90 Å². The van der Waals surface area contributed by atoms with Gasteiger partial charge in [-0.2, -0.15) is 0 Å². The molecule has 0 fully saturated rings. The summed E-state index contributed by atoms with van der Waals surface area (Å²) in [6.07, 6.45) is 0.707. The third kappa shape index (κ3) is 7.11. The minimum atomic E-state index is -0.321. The number of rotatable bonds is 10. The molecule has 5 heteroatoms. The maximum atomic E-state index is 11.7. The zero-order valence-electron chi connectivity index (χ0n) is 13.0. The van der Waals surface area contributed by atoms with E-state index in [0.29, 0.717) is 37.5 Å². The van der Waals surface area contributed by atoms with Gasteiger partial charge >= 0.3 is 5.97 Å². The number of nitrogens with two attached hydrogens (primary N) is 1. The molecule has 118 valence electrons. The molecule has 0 heterocycles. The van der Waals surface area contributed by atoms with Gasteiger partial charge in [-0.05, 0) is 37.4 Å². The number of ether oxygens (including phenoxy) is 2. The Labute approximate surface area is 127 Å². The van der Waals surface area contributed by atoms with Crippen LogP contribution in [0.2, 0.25) is 0 Å². The predicted molar refractivity (Wildman–Crippen MR) is 84.4 cm³/mol. The van der Waals surface area contributed by atoms with Gasteiger partial charge in [0.05, 0.1) is 18.8 Å². The summed E-state index contributed by atoms with van der Waals surface area (Å²) in [5.74, 6) is -0.321. The maximum Gasteiger partial charge on any atom is 0.338 e. The van der Waals surface area contributed by atoms with Crippen molar-refractivity contribution in [3.05, 3.63) is 29.8 Å². The van der Waals surface area contributed by atoms with Crippen LogP contribution in [0.15, 0.2) is 24.3 Å². The lowest BCUT2D eigenvalue weighted by Crippen LogP contribution is -2.27. The Morgan fingerprint density at radius 2 is 1.76 bits per heavy atom. The van der Waals surface area contributed by atoms with Crippen molar-refractivity contribution in [2.24, 2.45) is 0 Å². The normalized spacial score (nSPS) is 10.8. The van der Waals surface area contributed by atoms with Gasteiger partial charge in [0.1, 0.15) is 0 Å². The van der Waals surface area contributed by atoms with Crippen LogP contribution in [-0.2, 0) is 9.47 Å². The van der Waals surface area contributed by atoms with Crippen LogP contribution in [-0.4, -0.2) is 50.3 Å².